The van der Waals surface area contributed by atoms with Crippen LogP contribution in [0.4, 0.5) is 0 Å². The van der Waals surface area contributed by atoms with E-state index >= 15 is 0 Å². The van der Waals surface area contributed by atoms with Crippen molar-refractivity contribution >= 4 is 28.0 Å². The lowest BCUT2D eigenvalue weighted by atomic mass is 9.53. The van der Waals surface area contributed by atoms with Crippen molar-refractivity contribution in [1.82, 2.24) is 24.0 Å². The standard InChI is InChI=1S/C27H29N5O2/c1-4-8-31-21(11-15-6-5-7-28-25(15)31)26-29-19-10-17(13-22(34-3)24(19)30(26)2)27(33)32-14-18-9-16-12-20(32)23(16)18/h5-7,10-11,13,16,18,20,23H,4,8-9,12,14H2,1-3H3/t16?,18-,20-,23-/m1/s1. The lowest BCUT2D eigenvalue weighted by molar-refractivity contribution is -0.0204. The third-order valence-corrected chi connectivity index (χ3v) is 8.51. The van der Waals surface area contributed by atoms with Crippen molar-refractivity contribution in [3.63, 3.8) is 0 Å². The van der Waals surface area contributed by atoms with Gasteiger partial charge in [-0.15, -0.1) is 0 Å². The molecule has 1 amide bonds. The lowest BCUT2D eigenvalue weighted by Crippen LogP contribution is -2.53. The topological polar surface area (TPSA) is 65.2 Å². The molecule has 1 aliphatic heterocycles. The molecule has 4 atom stereocenters. The summed E-state index contributed by atoms with van der Waals surface area (Å²) in [6.07, 6.45) is 5.32. The fourth-order valence-corrected chi connectivity index (χ4v) is 6.90. The van der Waals surface area contributed by atoms with Gasteiger partial charge in [-0.3, -0.25) is 4.79 Å². The van der Waals surface area contributed by atoms with Crippen LogP contribution in [-0.4, -0.2) is 49.6 Å². The maximum Gasteiger partial charge on any atom is 0.254 e. The molecule has 7 nitrogen and oxygen atoms in total. The number of aryl methyl sites for hydroxylation is 2. The maximum absolute atomic E-state index is 13.6. The molecule has 0 N–H and O–H groups in total. The number of fused-ring (bicyclic) bond motifs is 2. The minimum Gasteiger partial charge on any atom is -0.494 e. The second-order valence-electron chi connectivity index (χ2n) is 10.2. The quantitative estimate of drug-likeness (QED) is 0.445. The summed E-state index contributed by atoms with van der Waals surface area (Å²) in [5.41, 5.74) is 4.36. The summed E-state index contributed by atoms with van der Waals surface area (Å²) >= 11 is 0. The summed E-state index contributed by atoms with van der Waals surface area (Å²) in [5, 5.41) is 1.10. The molecule has 34 heavy (non-hydrogen) atoms. The van der Waals surface area contributed by atoms with Gasteiger partial charge in [0.05, 0.1) is 18.3 Å². The van der Waals surface area contributed by atoms with E-state index in [2.05, 4.69) is 38.1 Å². The van der Waals surface area contributed by atoms with E-state index in [1.165, 1.54) is 12.8 Å². The number of carbonyl (C=O) groups is 1. The largest absolute Gasteiger partial charge is 0.494 e. The van der Waals surface area contributed by atoms with Crippen molar-refractivity contribution < 1.29 is 9.53 Å². The van der Waals surface area contributed by atoms with E-state index in [4.69, 9.17) is 9.72 Å². The Labute approximate surface area is 198 Å². The number of nitrogens with zero attached hydrogens (tertiary/aromatic N) is 5. The number of ether oxygens (including phenoxy) is 1. The predicted octanol–water partition coefficient (Wildman–Crippen LogP) is 4.49. The molecule has 4 aromatic rings. The molecule has 4 heterocycles. The van der Waals surface area contributed by atoms with Gasteiger partial charge in [0.25, 0.3) is 5.91 Å². The second-order valence-corrected chi connectivity index (χ2v) is 10.2. The number of likely N-dealkylation sites (tertiary alicyclic amines) is 1. The van der Waals surface area contributed by atoms with Crippen molar-refractivity contribution in [2.45, 2.75) is 38.8 Å². The zero-order chi connectivity index (χ0) is 23.1. The van der Waals surface area contributed by atoms with Gasteiger partial charge in [-0.05, 0) is 67.3 Å². The molecule has 0 spiro atoms. The number of benzene rings is 1. The van der Waals surface area contributed by atoms with Crippen molar-refractivity contribution in [3.05, 3.63) is 42.1 Å². The number of carbonyl (C=O) groups excluding carboxylic acids is 1. The smallest absolute Gasteiger partial charge is 0.254 e. The first-order valence-corrected chi connectivity index (χ1v) is 12.4. The van der Waals surface area contributed by atoms with E-state index in [9.17, 15) is 4.79 Å². The van der Waals surface area contributed by atoms with Crippen LogP contribution in [0.25, 0.3) is 33.6 Å². The highest BCUT2D eigenvalue weighted by Crippen LogP contribution is 2.60. The fraction of sp³-hybridized carbons (Fsp3) is 0.444. The zero-order valence-electron chi connectivity index (χ0n) is 19.9. The second kappa shape index (κ2) is 7.08. The summed E-state index contributed by atoms with van der Waals surface area (Å²) in [6.45, 7) is 3.94. The molecular formula is C27H29N5O2. The monoisotopic (exact) mass is 455 g/mol. The highest BCUT2D eigenvalue weighted by Gasteiger charge is 2.61. The number of aromatic nitrogens is 4. The summed E-state index contributed by atoms with van der Waals surface area (Å²) < 4.78 is 10.1. The molecule has 3 aliphatic rings. The first-order valence-electron chi connectivity index (χ1n) is 12.4. The summed E-state index contributed by atoms with van der Waals surface area (Å²) in [5.74, 6) is 4.00. The van der Waals surface area contributed by atoms with Gasteiger partial charge in [-0.1, -0.05) is 6.92 Å². The Bertz CT molecular complexity index is 1470. The van der Waals surface area contributed by atoms with Crippen LogP contribution in [0.3, 0.4) is 0 Å². The Morgan fingerprint density at radius 3 is 2.85 bits per heavy atom. The first-order chi connectivity index (χ1) is 16.6. The lowest BCUT2D eigenvalue weighted by Gasteiger charge is -2.52. The van der Waals surface area contributed by atoms with E-state index in [-0.39, 0.29) is 5.91 Å². The van der Waals surface area contributed by atoms with Crippen molar-refractivity contribution in [2.24, 2.45) is 24.8 Å². The highest BCUT2D eigenvalue weighted by atomic mass is 16.5. The molecular weight excluding hydrogens is 426 g/mol. The van der Waals surface area contributed by atoms with Gasteiger partial charge in [0.1, 0.15) is 16.9 Å². The Kier molecular flexibility index (Phi) is 4.17. The number of imidazole rings is 1. The molecule has 1 unspecified atom stereocenters. The van der Waals surface area contributed by atoms with Crippen LogP contribution in [-0.2, 0) is 13.6 Å². The van der Waals surface area contributed by atoms with Crippen LogP contribution in [0.5, 0.6) is 5.75 Å². The Hall–Kier alpha value is -3.35. The Balaban J connectivity index is 1.35. The highest BCUT2D eigenvalue weighted by molar-refractivity contribution is 6.00. The van der Waals surface area contributed by atoms with Gasteiger partial charge in [-0.2, -0.15) is 0 Å². The van der Waals surface area contributed by atoms with E-state index in [0.29, 0.717) is 23.3 Å². The summed E-state index contributed by atoms with van der Waals surface area (Å²) in [4.78, 5) is 25.3. The molecule has 1 aromatic carbocycles. The number of hydrogen-bond acceptors (Lipinski definition) is 4. The van der Waals surface area contributed by atoms with Crippen LogP contribution in [0.2, 0.25) is 0 Å². The molecule has 2 saturated carbocycles. The van der Waals surface area contributed by atoms with E-state index in [1.54, 1.807) is 7.11 Å². The molecule has 1 saturated heterocycles. The third-order valence-electron chi connectivity index (χ3n) is 8.51. The molecule has 7 heteroatoms. The van der Waals surface area contributed by atoms with Crippen LogP contribution in [0.15, 0.2) is 36.5 Å². The molecule has 0 bridgehead atoms. The van der Waals surface area contributed by atoms with Gasteiger partial charge in [0.15, 0.2) is 5.82 Å². The van der Waals surface area contributed by atoms with E-state index in [1.807, 2.05) is 31.4 Å². The molecule has 7 rings (SSSR count). The molecule has 174 valence electrons. The van der Waals surface area contributed by atoms with Crippen molar-refractivity contribution in [1.29, 1.82) is 0 Å². The third kappa shape index (κ3) is 2.55. The summed E-state index contributed by atoms with van der Waals surface area (Å²) in [7, 11) is 3.68. The van der Waals surface area contributed by atoms with Crippen molar-refractivity contribution in [3.8, 4) is 17.3 Å². The molecule has 3 aromatic heterocycles. The van der Waals surface area contributed by atoms with E-state index in [0.717, 1.165) is 64.9 Å². The van der Waals surface area contributed by atoms with Gasteiger partial charge in [0, 0.05) is 43.3 Å². The Morgan fingerprint density at radius 1 is 1.21 bits per heavy atom. The van der Waals surface area contributed by atoms with E-state index < -0.39 is 0 Å². The average Bonchev–Trinajstić information content (AvgIpc) is 3.36. The average molecular weight is 456 g/mol. The number of amides is 1. The van der Waals surface area contributed by atoms with Gasteiger partial charge in [0.2, 0.25) is 0 Å². The minimum atomic E-state index is 0.120. The number of pyridine rings is 1. The predicted molar refractivity (Wildman–Crippen MR) is 131 cm³/mol. The molecule has 2 aliphatic carbocycles. The normalized spacial score (nSPS) is 24.9. The molecule has 3 fully saturated rings. The van der Waals surface area contributed by atoms with Crippen LogP contribution in [0, 0.1) is 17.8 Å². The molecule has 0 radical (unpaired) electrons. The fourth-order valence-electron chi connectivity index (χ4n) is 6.90. The Morgan fingerprint density at radius 2 is 2.09 bits per heavy atom. The maximum atomic E-state index is 13.6. The van der Waals surface area contributed by atoms with Gasteiger partial charge in [-0.25, -0.2) is 9.97 Å². The number of methoxy groups -OCH3 is 1. The first kappa shape index (κ1) is 20.1. The van der Waals surface area contributed by atoms with Crippen LogP contribution >= 0.6 is 0 Å². The summed E-state index contributed by atoms with van der Waals surface area (Å²) in [6, 6.07) is 10.5. The number of rotatable bonds is 5. The van der Waals surface area contributed by atoms with Gasteiger partial charge >= 0.3 is 0 Å². The van der Waals surface area contributed by atoms with Crippen molar-refractivity contribution in [2.75, 3.05) is 13.7 Å². The zero-order valence-corrected chi connectivity index (χ0v) is 19.9. The SMILES string of the molecule is CCCn1c(-c2nc3cc(C(=O)N4C[C@H]5CC6C[C@@H]4[C@H]65)cc(OC)c3n2C)cc2cccnc21. The minimum absolute atomic E-state index is 0.120. The number of hydrogen-bond donors (Lipinski definition) is 0. The van der Waals surface area contributed by atoms with Gasteiger partial charge < -0.3 is 18.8 Å². The van der Waals surface area contributed by atoms with Crippen LogP contribution in [0.1, 0.15) is 36.5 Å². The van der Waals surface area contributed by atoms with Crippen LogP contribution < -0.4 is 4.74 Å².